The SMILES string of the molecule is CC(C)CCOc1ccccc1C(=O)NC(=S)Nc1ccc(C(=O)NC2CCCCC2)cc1. The van der Waals surface area contributed by atoms with Crippen LogP contribution in [0.2, 0.25) is 0 Å². The normalized spacial score (nSPS) is 13.9. The molecule has 3 rings (SSSR count). The molecule has 33 heavy (non-hydrogen) atoms. The molecule has 0 aromatic heterocycles. The maximum Gasteiger partial charge on any atom is 0.261 e. The van der Waals surface area contributed by atoms with Crippen molar-refractivity contribution in [2.45, 2.75) is 58.4 Å². The Labute approximate surface area is 201 Å². The number of rotatable bonds is 8. The predicted molar refractivity (Wildman–Crippen MR) is 136 cm³/mol. The second-order valence-electron chi connectivity index (χ2n) is 8.82. The van der Waals surface area contributed by atoms with Crippen LogP contribution in [0.4, 0.5) is 5.69 Å². The van der Waals surface area contributed by atoms with E-state index in [1.54, 1.807) is 42.5 Å². The van der Waals surface area contributed by atoms with Crippen molar-refractivity contribution in [3.63, 3.8) is 0 Å². The Hall–Kier alpha value is -2.93. The lowest BCUT2D eigenvalue weighted by atomic mass is 9.95. The summed E-state index contributed by atoms with van der Waals surface area (Å²) >= 11 is 5.31. The molecular formula is C26H33N3O3S. The molecule has 0 atom stereocenters. The Kier molecular flexibility index (Phi) is 9.24. The fraction of sp³-hybridized carbons (Fsp3) is 0.423. The molecule has 2 amide bonds. The minimum Gasteiger partial charge on any atom is -0.493 e. The van der Waals surface area contributed by atoms with Gasteiger partial charge < -0.3 is 15.4 Å². The lowest BCUT2D eigenvalue weighted by Gasteiger charge is -2.22. The topological polar surface area (TPSA) is 79.5 Å². The van der Waals surface area contributed by atoms with Gasteiger partial charge in [-0.3, -0.25) is 14.9 Å². The van der Waals surface area contributed by atoms with Crippen LogP contribution in [0, 0.1) is 5.92 Å². The molecule has 0 aliphatic heterocycles. The number of para-hydroxylation sites is 1. The van der Waals surface area contributed by atoms with Gasteiger partial charge in [-0.05, 0) is 73.8 Å². The van der Waals surface area contributed by atoms with E-state index < -0.39 is 0 Å². The number of amides is 2. The van der Waals surface area contributed by atoms with Gasteiger partial charge in [-0.2, -0.15) is 0 Å². The summed E-state index contributed by atoms with van der Waals surface area (Å²) in [5.74, 6) is 0.661. The van der Waals surface area contributed by atoms with Gasteiger partial charge in [0, 0.05) is 17.3 Å². The van der Waals surface area contributed by atoms with Gasteiger partial charge in [-0.1, -0.05) is 45.2 Å². The largest absolute Gasteiger partial charge is 0.493 e. The van der Waals surface area contributed by atoms with E-state index >= 15 is 0 Å². The van der Waals surface area contributed by atoms with Crippen LogP contribution >= 0.6 is 12.2 Å². The summed E-state index contributed by atoms with van der Waals surface area (Å²) in [5, 5.41) is 8.98. The molecule has 3 N–H and O–H groups in total. The summed E-state index contributed by atoms with van der Waals surface area (Å²) in [6.45, 7) is 4.80. The third-order valence-corrected chi connectivity index (χ3v) is 5.86. The van der Waals surface area contributed by atoms with E-state index in [0.29, 0.717) is 35.1 Å². The Morgan fingerprint density at radius 3 is 2.39 bits per heavy atom. The zero-order valence-corrected chi connectivity index (χ0v) is 20.2. The van der Waals surface area contributed by atoms with Crippen molar-refractivity contribution in [2.24, 2.45) is 5.92 Å². The Balaban J connectivity index is 1.52. The highest BCUT2D eigenvalue weighted by atomic mass is 32.1. The van der Waals surface area contributed by atoms with Crippen molar-refractivity contribution in [1.82, 2.24) is 10.6 Å². The molecule has 0 saturated heterocycles. The molecule has 0 heterocycles. The predicted octanol–water partition coefficient (Wildman–Crippen LogP) is 5.30. The molecule has 0 spiro atoms. The van der Waals surface area contributed by atoms with E-state index in [-0.39, 0.29) is 23.0 Å². The number of hydrogen-bond donors (Lipinski definition) is 3. The molecule has 1 saturated carbocycles. The lowest BCUT2D eigenvalue weighted by molar-refractivity contribution is 0.0926. The number of hydrogen-bond acceptors (Lipinski definition) is 4. The van der Waals surface area contributed by atoms with Crippen LogP contribution < -0.4 is 20.7 Å². The van der Waals surface area contributed by atoms with E-state index in [2.05, 4.69) is 29.8 Å². The molecule has 1 aliphatic rings. The average Bonchev–Trinajstić information content (AvgIpc) is 2.80. The first-order chi connectivity index (χ1) is 15.9. The third kappa shape index (κ3) is 7.86. The molecule has 6 nitrogen and oxygen atoms in total. The number of ether oxygens (including phenoxy) is 1. The van der Waals surface area contributed by atoms with E-state index in [4.69, 9.17) is 17.0 Å². The highest BCUT2D eigenvalue weighted by molar-refractivity contribution is 7.80. The first-order valence-electron chi connectivity index (χ1n) is 11.7. The van der Waals surface area contributed by atoms with Crippen molar-refractivity contribution >= 4 is 34.8 Å². The van der Waals surface area contributed by atoms with Crippen LogP contribution in [0.25, 0.3) is 0 Å². The average molecular weight is 468 g/mol. The monoisotopic (exact) mass is 467 g/mol. The molecule has 7 heteroatoms. The second-order valence-corrected chi connectivity index (χ2v) is 9.23. The van der Waals surface area contributed by atoms with Gasteiger partial charge >= 0.3 is 0 Å². The Morgan fingerprint density at radius 2 is 1.70 bits per heavy atom. The van der Waals surface area contributed by atoms with Crippen LogP contribution in [0.3, 0.4) is 0 Å². The Morgan fingerprint density at radius 1 is 1.00 bits per heavy atom. The van der Waals surface area contributed by atoms with Gasteiger partial charge in [-0.15, -0.1) is 0 Å². The van der Waals surface area contributed by atoms with Crippen molar-refractivity contribution in [2.75, 3.05) is 11.9 Å². The Bertz CT molecular complexity index is 954. The maximum absolute atomic E-state index is 12.7. The molecular weight excluding hydrogens is 434 g/mol. The molecule has 1 aliphatic carbocycles. The molecule has 0 bridgehead atoms. The summed E-state index contributed by atoms with van der Waals surface area (Å²) in [6, 6.07) is 14.4. The zero-order chi connectivity index (χ0) is 23.6. The van der Waals surface area contributed by atoms with Gasteiger partial charge in [0.25, 0.3) is 11.8 Å². The summed E-state index contributed by atoms with van der Waals surface area (Å²) < 4.78 is 5.80. The standard InChI is InChI=1S/C26H33N3O3S/c1-18(2)16-17-32-23-11-7-6-10-22(23)25(31)29-26(33)28-21-14-12-19(13-15-21)24(30)27-20-8-4-3-5-9-20/h6-7,10-15,18,20H,3-5,8-9,16-17H2,1-2H3,(H,27,30)(H2,28,29,31,33). The zero-order valence-electron chi connectivity index (χ0n) is 19.4. The number of anilines is 1. The van der Waals surface area contributed by atoms with Crippen LogP contribution in [0.15, 0.2) is 48.5 Å². The summed E-state index contributed by atoms with van der Waals surface area (Å²) in [5.41, 5.74) is 1.73. The molecule has 1 fully saturated rings. The van der Waals surface area contributed by atoms with Crippen molar-refractivity contribution in [3.05, 3.63) is 59.7 Å². The molecule has 2 aromatic rings. The number of benzene rings is 2. The summed E-state index contributed by atoms with van der Waals surface area (Å²) in [7, 11) is 0. The van der Waals surface area contributed by atoms with Crippen molar-refractivity contribution in [1.29, 1.82) is 0 Å². The van der Waals surface area contributed by atoms with Gasteiger partial charge in [0.1, 0.15) is 5.75 Å². The van der Waals surface area contributed by atoms with Gasteiger partial charge in [0.2, 0.25) is 0 Å². The minimum atomic E-state index is -0.337. The van der Waals surface area contributed by atoms with Gasteiger partial charge in [0.15, 0.2) is 5.11 Å². The lowest BCUT2D eigenvalue weighted by Crippen LogP contribution is -2.36. The quantitative estimate of drug-likeness (QED) is 0.459. The van der Waals surface area contributed by atoms with E-state index in [9.17, 15) is 9.59 Å². The molecule has 0 radical (unpaired) electrons. The highest BCUT2D eigenvalue weighted by Gasteiger charge is 2.17. The first-order valence-corrected chi connectivity index (χ1v) is 12.1. The minimum absolute atomic E-state index is 0.0570. The summed E-state index contributed by atoms with van der Waals surface area (Å²) in [4.78, 5) is 25.2. The highest BCUT2D eigenvalue weighted by Crippen LogP contribution is 2.20. The maximum atomic E-state index is 12.7. The first kappa shape index (κ1) is 24.7. The van der Waals surface area contributed by atoms with E-state index in [1.165, 1.54) is 19.3 Å². The third-order valence-electron chi connectivity index (χ3n) is 5.66. The van der Waals surface area contributed by atoms with Crippen LogP contribution in [0.5, 0.6) is 5.75 Å². The van der Waals surface area contributed by atoms with Crippen molar-refractivity contribution < 1.29 is 14.3 Å². The van der Waals surface area contributed by atoms with Crippen LogP contribution in [0.1, 0.15) is 73.1 Å². The van der Waals surface area contributed by atoms with E-state index in [0.717, 1.165) is 19.3 Å². The number of thiocarbonyl (C=S) groups is 1. The molecule has 0 unspecified atom stereocenters. The number of carbonyl (C=O) groups excluding carboxylic acids is 2. The van der Waals surface area contributed by atoms with Gasteiger partial charge in [0.05, 0.1) is 12.2 Å². The fourth-order valence-corrected chi connectivity index (χ4v) is 3.95. The smallest absolute Gasteiger partial charge is 0.261 e. The van der Waals surface area contributed by atoms with Crippen molar-refractivity contribution in [3.8, 4) is 5.75 Å². The van der Waals surface area contributed by atoms with Crippen LogP contribution in [-0.4, -0.2) is 29.6 Å². The second kappa shape index (κ2) is 12.3. The molecule has 2 aromatic carbocycles. The number of carbonyl (C=O) groups is 2. The van der Waals surface area contributed by atoms with Gasteiger partial charge in [-0.25, -0.2) is 0 Å². The van der Waals surface area contributed by atoms with Crippen LogP contribution in [-0.2, 0) is 0 Å². The van der Waals surface area contributed by atoms with E-state index in [1.807, 2.05) is 6.07 Å². The fourth-order valence-electron chi connectivity index (χ4n) is 3.74. The molecule has 176 valence electrons. The number of nitrogens with one attached hydrogen (secondary N) is 3. The summed E-state index contributed by atoms with van der Waals surface area (Å²) in [6.07, 6.45) is 6.60.